The molecule has 0 bridgehead atoms. The molecule has 0 N–H and O–H groups in total. The van der Waals surface area contributed by atoms with Gasteiger partial charge < -0.3 is 14.7 Å². The van der Waals surface area contributed by atoms with Crippen molar-refractivity contribution < 1.29 is 18.0 Å². The van der Waals surface area contributed by atoms with Gasteiger partial charge in [-0.2, -0.15) is 13.2 Å². The van der Waals surface area contributed by atoms with Crippen molar-refractivity contribution in [1.29, 1.82) is 0 Å². The van der Waals surface area contributed by atoms with E-state index in [0.717, 1.165) is 17.8 Å². The zero-order valence-electron chi connectivity index (χ0n) is 15.3. The summed E-state index contributed by atoms with van der Waals surface area (Å²) in [5, 5.41) is 0. The summed E-state index contributed by atoms with van der Waals surface area (Å²) in [5.41, 5.74) is 1.45. The van der Waals surface area contributed by atoms with Crippen LogP contribution in [0.2, 0.25) is 0 Å². The number of nitrogens with zero attached hydrogens (tertiary/aromatic N) is 3. The third-order valence-electron chi connectivity index (χ3n) is 4.72. The van der Waals surface area contributed by atoms with Gasteiger partial charge in [-0.15, -0.1) is 0 Å². The molecule has 0 aliphatic carbocycles. The van der Waals surface area contributed by atoms with E-state index in [2.05, 4.69) is 0 Å². The lowest BCUT2D eigenvalue weighted by molar-refractivity contribution is -0.137. The second-order valence-corrected chi connectivity index (χ2v) is 6.77. The molecule has 4 nitrogen and oxygen atoms in total. The van der Waals surface area contributed by atoms with Gasteiger partial charge in [0.15, 0.2) is 0 Å². The molecular formula is C20H22F3N3O. The van der Waals surface area contributed by atoms with E-state index < -0.39 is 11.7 Å². The van der Waals surface area contributed by atoms with Gasteiger partial charge in [0, 0.05) is 57.2 Å². The van der Waals surface area contributed by atoms with E-state index in [-0.39, 0.29) is 5.91 Å². The second kappa shape index (κ2) is 7.50. The first-order valence-electron chi connectivity index (χ1n) is 8.74. The normalized spacial score (nSPS) is 15.0. The van der Waals surface area contributed by atoms with E-state index in [1.807, 2.05) is 42.1 Å². The fourth-order valence-electron chi connectivity index (χ4n) is 3.15. The highest BCUT2D eigenvalue weighted by atomic mass is 19.4. The Bertz CT molecular complexity index is 812. The molecule has 2 aromatic rings. The fraction of sp³-hybridized carbons (Fsp3) is 0.350. The predicted molar refractivity (Wildman–Crippen MR) is 100 cm³/mol. The molecule has 0 atom stereocenters. The Hall–Kier alpha value is -2.70. The first kappa shape index (κ1) is 19.1. The van der Waals surface area contributed by atoms with Gasteiger partial charge in [-0.1, -0.05) is 12.1 Å². The van der Waals surface area contributed by atoms with Gasteiger partial charge in [0.1, 0.15) is 0 Å². The number of anilines is 2. The molecule has 0 spiro atoms. The van der Waals surface area contributed by atoms with Gasteiger partial charge in [0.2, 0.25) is 0 Å². The minimum Gasteiger partial charge on any atom is -0.378 e. The zero-order valence-corrected chi connectivity index (χ0v) is 15.3. The average Bonchev–Trinajstić information content (AvgIpc) is 2.67. The van der Waals surface area contributed by atoms with Crippen LogP contribution in [0.1, 0.15) is 15.9 Å². The molecule has 1 aliphatic rings. The third kappa shape index (κ3) is 4.35. The molecule has 2 aromatic carbocycles. The molecular weight excluding hydrogens is 355 g/mol. The molecule has 3 rings (SSSR count). The summed E-state index contributed by atoms with van der Waals surface area (Å²) >= 11 is 0. The second-order valence-electron chi connectivity index (χ2n) is 6.77. The number of hydrogen-bond acceptors (Lipinski definition) is 3. The maximum atomic E-state index is 12.9. The van der Waals surface area contributed by atoms with Gasteiger partial charge in [0.05, 0.1) is 5.56 Å². The van der Waals surface area contributed by atoms with Crippen LogP contribution >= 0.6 is 0 Å². The summed E-state index contributed by atoms with van der Waals surface area (Å²) < 4.78 is 38.7. The van der Waals surface area contributed by atoms with Crippen LogP contribution in [0, 0.1) is 0 Å². The average molecular weight is 377 g/mol. The number of rotatable bonds is 3. The van der Waals surface area contributed by atoms with Crippen LogP contribution in [0.4, 0.5) is 24.5 Å². The number of carbonyl (C=O) groups excluding carboxylic acids is 1. The third-order valence-corrected chi connectivity index (χ3v) is 4.72. The Labute approximate surface area is 156 Å². The lowest BCUT2D eigenvalue weighted by Crippen LogP contribution is -2.48. The summed E-state index contributed by atoms with van der Waals surface area (Å²) in [7, 11) is 3.83. The molecule has 1 saturated heterocycles. The first-order chi connectivity index (χ1) is 12.8. The Morgan fingerprint density at radius 1 is 0.963 bits per heavy atom. The molecule has 0 radical (unpaired) electrons. The molecule has 1 heterocycles. The molecule has 7 heteroatoms. The minimum absolute atomic E-state index is 0.0533. The highest BCUT2D eigenvalue weighted by Crippen LogP contribution is 2.32. The van der Waals surface area contributed by atoms with Gasteiger partial charge in [-0.25, -0.2) is 0 Å². The number of hydrogen-bond donors (Lipinski definition) is 0. The van der Waals surface area contributed by atoms with Crippen LogP contribution in [0.3, 0.4) is 0 Å². The number of benzene rings is 2. The lowest BCUT2D eigenvalue weighted by Gasteiger charge is -2.36. The largest absolute Gasteiger partial charge is 0.416 e. The SMILES string of the molecule is CN(C)c1cccc(C(=O)N2CCN(c3cccc(C(F)(F)F)c3)CC2)c1. The standard InChI is InChI=1S/C20H22F3N3O/c1-24(2)17-7-3-5-15(13-17)19(27)26-11-9-25(10-12-26)18-8-4-6-16(14-18)20(21,22)23/h3-8,13-14H,9-12H2,1-2H3. The van der Waals surface area contributed by atoms with Crippen LogP contribution in [0.25, 0.3) is 0 Å². The van der Waals surface area contributed by atoms with E-state index in [4.69, 9.17) is 0 Å². The summed E-state index contributed by atoms with van der Waals surface area (Å²) in [6.45, 7) is 1.95. The van der Waals surface area contributed by atoms with E-state index >= 15 is 0 Å². The van der Waals surface area contributed by atoms with Crippen molar-refractivity contribution in [2.45, 2.75) is 6.18 Å². The molecule has 1 fully saturated rings. The highest BCUT2D eigenvalue weighted by Gasteiger charge is 2.31. The molecule has 0 unspecified atom stereocenters. The van der Waals surface area contributed by atoms with Crippen molar-refractivity contribution >= 4 is 17.3 Å². The quantitative estimate of drug-likeness (QED) is 0.816. The van der Waals surface area contributed by atoms with E-state index in [9.17, 15) is 18.0 Å². The van der Waals surface area contributed by atoms with E-state index in [1.54, 1.807) is 17.0 Å². The molecule has 1 amide bonds. The molecule has 27 heavy (non-hydrogen) atoms. The van der Waals surface area contributed by atoms with Crippen LogP contribution in [-0.2, 0) is 6.18 Å². The zero-order chi connectivity index (χ0) is 19.6. The van der Waals surface area contributed by atoms with Gasteiger partial charge >= 0.3 is 6.18 Å². The topological polar surface area (TPSA) is 26.8 Å². The van der Waals surface area contributed by atoms with Crippen molar-refractivity contribution in [3.05, 3.63) is 59.7 Å². The van der Waals surface area contributed by atoms with Crippen molar-refractivity contribution in [2.75, 3.05) is 50.1 Å². The summed E-state index contributed by atoms with van der Waals surface area (Å²) in [6, 6.07) is 12.7. The van der Waals surface area contributed by atoms with Crippen LogP contribution in [0.15, 0.2) is 48.5 Å². The Kier molecular flexibility index (Phi) is 5.30. The number of amides is 1. The number of piperazine rings is 1. The molecule has 0 aromatic heterocycles. The Balaban J connectivity index is 1.67. The molecule has 1 aliphatic heterocycles. The van der Waals surface area contributed by atoms with Crippen molar-refractivity contribution in [3.63, 3.8) is 0 Å². The summed E-state index contributed by atoms with van der Waals surface area (Å²) in [6.07, 6.45) is -4.36. The van der Waals surface area contributed by atoms with E-state index in [0.29, 0.717) is 37.4 Å². The monoisotopic (exact) mass is 377 g/mol. The van der Waals surface area contributed by atoms with Gasteiger partial charge in [-0.05, 0) is 36.4 Å². The highest BCUT2D eigenvalue weighted by molar-refractivity contribution is 5.95. The maximum Gasteiger partial charge on any atom is 0.416 e. The minimum atomic E-state index is -4.36. The molecule has 144 valence electrons. The lowest BCUT2D eigenvalue weighted by atomic mass is 10.1. The maximum absolute atomic E-state index is 12.9. The van der Waals surface area contributed by atoms with Crippen molar-refractivity contribution in [2.24, 2.45) is 0 Å². The van der Waals surface area contributed by atoms with Crippen LogP contribution < -0.4 is 9.80 Å². The van der Waals surface area contributed by atoms with Crippen LogP contribution in [0.5, 0.6) is 0 Å². The van der Waals surface area contributed by atoms with E-state index in [1.165, 1.54) is 6.07 Å². The Morgan fingerprint density at radius 2 is 1.63 bits per heavy atom. The smallest absolute Gasteiger partial charge is 0.378 e. The van der Waals surface area contributed by atoms with Crippen molar-refractivity contribution in [3.8, 4) is 0 Å². The number of alkyl halides is 3. The number of halogens is 3. The number of carbonyl (C=O) groups is 1. The van der Waals surface area contributed by atoms with Crippen molar-refractivity contribution in [1.82, 2.24) is 4.90 Å². The molecule has 0 saturated carbocycles. The predicted octanol–water partition coefficient (Wildman–Crippen LogP) is 3.73. The first-order valence-corrected chi connectivity index (χ1v) is 8.74. The summed E-state index contributed by atoms with van der Waals surface area (Å²) in [5.74, 6) is -0.0533. The van der Waals surface area contributed by atoms with Crippen LogP contribution in [-0.4, -0.2) is 51.1 Å². The van der Waals surface area contributed by atoms with Gasteiger partial charge in [-0.3, -0.25) is 4.79 Å². The Morgan fingerprint density at radius 3 is 2.26 bits per heavy atom. The fourth-order valence-corrected chi connectivity index (χ4v) is 3.15. The summed E-state index contributed by atoms with van der Waals surface area (Å²) in [4.78, 5) is 18.3. The van der Waals surface area contributed by atoms with Gasteiger partial charge in [0.25, 0.3) is 5.91 Å².